The second-order valence-corrected chi connectivity index (χ2v) is 5.85. The van der Waals surface area contributed by atoms with E-state index in [4.69, 9.17) is 33.0 Å². The number of benzene rings is 2. The van der Waals surface area contributed by atoms with Gasteiger partial charge in [0, 0.05) is 0 Å². The largest absolute Gasteiger partial charge is 0.479 e. The molecule has 4 nitrogen and oxygen atoms in total. The molecule has 0 heterocycles. The quantitative estimate of drug-likeness (QED) is 0.611. The van der Waals surface area contributed by atoms with E-state index < -0.39 is 12.6 Å². The maximum absolute atomic E-state index is 10.6. The normalized spacial score (nSPS) is 11.0. The van der Waals surface area contributed by atoms with Gasteiger partial charge in [-0.3, -0.25) is 0 Å². The second kappa shape index (κ2) is 7.87. The summed E-state index contributed by atoms with van der Waals surface area (Å²) in [4.78, 5) is 10.6. The van der Waals surface area contributed by atoms with Gasteiger partial charge in [-0.15, -0.1) is 0 Å². The van der Waals surface area contributed by atoms with Gasteiger partial charge in [-0.2, -0.15) is 5.26 Å². The lowest BCUT2D eigenvalue weighted by Gasteiger charge is -2.09. The number of hydrogen-bond donors (Lipinski definition) is 1. The molecule has 0 saturated carbocycles. The van der Waals surface area contributed by atoms with E-state index in [2.05, 4.69) is 6.07 Å². The molecule has 0 bridgehead atoms. The van der Waals surface area contributed by atoms with Crippen LogP contribution in [-0.2, 0) is 4.79 Å². The van der Waals surface area contributed by atoms with Crippen LogP contribution in [0.1, 0.15) is 16.7 Å². The lowest BCUT2D eigenvalue weighted by molar-refractivity contribution is -0.139. The van der Waals surface area contributed by atoms with Crippen molar-refractivity contribution in [2.75, 3.05) is 6.61 Å². The molecule has 0 aromatic heterocycles. The first-order chi connectivity index (χ1) is 11.4. The Hall–Kier alpha value is -2.48. The van der Waals surface area contributed by atoms with E-state index in [9.17, 15) is 10.1 Å². The third-order valence-electron chi connectivity index (χ3n) is 3.15. The highest BCUT2D eigenvalue weighted by Crippen LogP contribution is 2.35. The van der Waals surface area contributed by atoms with Crippen LogP contribution in [0.2, 0.25) is 10.0 Å². The molecule has 2 aromatic rings. The zero-order valence-electron chi connectivity index (χ0n) is 12.7. The molecule has 0 fully saturated rings. The van der Waals surface area contributed by atoms with Crippen LogP contribution in [0.4, 0.5) is 0 Å². The summed E-state index contributed by atoms with van der Waals surface area (Å²) in [5.41, 5.74) is 2.95. The van der Waals surface area contributed by atoms with Crippen LogP contribution in [0, 0.1) is 18.3 Å². The van der Waals surface area contributed by atoms with E-state index >= 15 is 0 Å². The maximum atomic E-state index is 10.6. The minimum atomic E-state index is -1.13. The zero-order valence-corrected chi connectivity index (χ0v) is 14.2. The van der Waals surface area contributed by atoms with Gasteiger partial charge in [0.1, 0.15) is 0 Å². The molecule has 24 heavy (non-hydrogen) atoms. The highest BCUT2D eigenvalue weighted by Gasteiger charge is 2.11. The molecule has 0 saturated heterocycles. The number of nitriles is 1. The number of carboxylic acid groups (broad SMARTS) is 1. The van der Waals surface area contributed by atoms with Crippen LogP contribution in [0.25, 0.3) is 11.6 Å². The summed E-state index contributed by atoms with van der Waals surface area (Å²) in [5.74, 6) is -1.02. The molecule has 0 amide bonds. The summed E-state index contributed by atoms with van der Waals surface area (Å²) >= 11 is 12.2. The number of halogens is 2. The predicted octanol–water partition coefficient (Wildman–Crippen LogP) is 4.83. The molecule has 0 unspecified atom stereocenters. The molecule has 0 atom stereocenters. The fourth-order valence-corrected chi connectivity index (χ4v) is 2.63. The third-order valence-corrected chi connectivity index (χ3v) is 3.72. The number of ether oxygens (including phenoxy) is 1. The summed E-state index contributed by atoms with van der Waals surface area (Å²) in [6.45, 7) is 1.43. The molecule has 1 N–H and O–H groups in total. The average molecular weight is 362 g/mol. The smallest absolute Gasteiger partial charge is 0.341 e. The number of carboxylic acids is 1. The number of allylic oxidation sites excluding steroid dienone is 1. The fourth-order valence-electron chi connectivity index (χ4n) is 2.01. The van der Waals surface area contributed by atoms with Crippen LogP contribution in [0.3, 0.4) is 0 Å². The fraction of sp³-hybridized carbons (Fsp3) is 0.111. The standard InChI is InChI=1S/C18H13Cl2NO3/c1-11-2-4-13(5-3-11)14(9-21)6-12-7-15(19)18(16(20)8-12)24-10-17(22)23/h2-8H,10H2,1H3,(H,22,23)/b14-6-. The topological polar surface area (TPSA) is 70.3 Å². The van der Waals surface area contributed by atoms with Gasteiger partial charge in [-0.1, -0.05) is 53.0 Å². The summed E-state index contributed by atoms with van der Waals surface area (Å²) in [7, 11) is 0. The van der Waals surface area contributed by atoms with Crippen molar-refractivity contribution in [3.63, 3.8) is 0 Å². The van der Waals surface area contributed by atoms with Crippen LogP contribution in [0.5, 0.6) is 5.75 Å². The first-order valence-corrected chi connectivity index (χ1v) is 7.69. The number of nitrogens with zero attached hydrogens (tertiary/aromatic N) is 1. The zero-order chi connectivity index (χ0) is 17.7. The van der Waals surface area contributed by atoms with E-state index in [0.29, 0.717) is 11.1 Å². The van der Waals surface area contributed by atoms with Gasteiger partial charge < -0.3 is 9.84 Å². The van der Waals surface area contributed by atoms with Crippen molar-refractivity contribution in [2.45, 2.75) is 6.92 Å². The van der Waals surface area contributed by atoms with Crippen molar-refractivity contribution in [3.8, 4) is 11.8 Å². The van der Waals surface area contributed by atoms with Crippen LogP contribution in [0.15, 0.2) is 36.4 Å². The molecule has 122 valence electrons. The van der Waals surface area contributed by atoms with E-state index in [1.165, 1.54) is 0 Å². The number of rotatable bonds is 5. The molecular formula is C18H13Cl2NO3. The molecule has 2 aromatic carbocycles. The van der Waals surface area contributed by atoms with E-state index in [1.807, 2.05) is 31.2 Å². The van der Waals surface area contributed by atoms with Crippen molar-refractivity contribution in [3.05, 3.63) is 63.1 Å². The maximum Gasteiger partial charge on any atom is 0.341 e. The number of aliphatic carboxylic acids is 1. The Morgan fingerprint density at radius 2 is 1.83 bits per heavy atom. The Morgan fingerprint density at radius 3 is 2.33 bits per heavy atom. The van der Waals surface area contributed by atoms with Crippen molar-refractivity contribution >= 4 is 40.8 Å². The molecule has 0 radical (unpaired) electrons. The highest BCUT2D eigenvalue weighted by atomic mass is 35.5. The monoisotopic (exact) mass is 361 g/mol. The minimum Gasteiger partial charge on any atom is -0.479 e. The summed E-state index contributed by atoms with van der Waals surface area (Å²) < 4.78 is 5.06. The summed E-state index contributed by atoms with van der Waals surface area (Å²) in [6, 6.07) is 12.8. The van der Waals surface area contributed by atoms with Crippen LogP contribution in [-0.4, -0.2) is 17.7 Å². The van der Waals surface area contributed by atoms with Gasteiger partial charge in [0.25, 0.3) is 0 Å². The lowest BCUT2D eigenvalue weighted by atomic mass is 10.0. The van der Waals surface area contributed by atoms with Gasteiger partial charge >= 0.3 is 5.97 Å². The van der Waals surface area contributed by atoms with E-state index in [0.717, 1.165) is 11.1 Å². The average Bonchev–Trinajstić information content (AvgIpc) is 2.52. The van der Waals surface area contributed by atoms with Crippen molar-refractivity contribution in [2.24, 2.45) is 0 Å². The molecule has 0 aliphatic carbocycles. The first-order valence-electron chi connectivity index (χ1n) is 6.93. The van der Waals surface area contributed by atoms with Crippen LogP contribution >= 0.6 is 23.2 Å². The van der Waals surface area contributed by atoms with Crippen LogP contribution < -0.4 is 4.74 Å². The predicted molar refractivity (Wildman–Crippen MR) is 94.3 cm³/mol. The van der Waals surface area contributed by atoms with Gasteiger partial charge in [-0.05, 0) is 36.3 Å². The van der Waals surface area contributed by atoms with E-state index in [-0.39, 0.29) is 15.8 Å². The Morgan fingerprint density at radius 1 is 1.25 bits per heavy atom. The molecule has 0 aliphatic heterocycles. The summed E-state index contributed by atoms with van der Waals surface area (Å²) in [5, 5.41) is 18.4. The van der Waals surface area contributed by atoms with Crippen molar-refractivity contribution in [1.82, 2.24) is 0 Å². The number of carbonyl (C=O) groups is 1. The SMILES string of the molecule is Cc1ccc(/C(C#N)=C\c2cc(Cl)c(OCC(=O)O)c(Cl)c2)cc1. The minimum absolute atomic E-state index is 0.103. The molecule has 0 spiro atoms. The van der Waals surface area contributed by atoms with Gasteiger partial charge in [0.2, 0.25) is 0 Å². The van der Waals surface area contributed by atoms with Gasteiger partial charge in [0.15, 0.2) is 12.4 Å². The second-order valence-electron chi connectivity index (χ2n) is 5.03. The van der Waals surface area contributed by atoms with Gasteiger partial charge in [-0.25, -0.2) is 4.79 Å². The lowest BCUT2D eigenvalue weighted by Crippen LogP contribution is -2.10. The third kappa shape index (κ3) is 4.51. The first kappa shape index (κ1) is 17.9. The molecule has 2 rings (SSSR count). The Bertz CT molecular complexity index is 813. The van der Waals surface area contributed by atoms with Crippen molar-refractivity contribution in [1.29, 1.82) is 5.26 Å². The Balaban J connectivity index is 2.36. The number of aryl methyl sites for hydroxylation is 1. The summed E-state index contributed by atoms with van der Waals surface area (Å²) in [6.07, 6.45) is 1.66. The van der Waals surface area contributed by atoms with Crippen molar-refractivity contribution < 1.29 is 14.6 Å². The highest BCUT2D eigenvalue weighted by molar-refractivity contribution is 6.37. The molecular weight excluding hydrogens is 349 g/mol. The molecule has 6 heteroatoms. The Kier molecular flexibility index (Phi) is 5.86. The molecule has 0 aliphatic rings. The Labute approximate surface area is 149 Å². The van der Waals surface area contributed by atoms with Gasteiger partial charge in [0.05, 0.1) is 21.7 Å². The number of hydrogen-bond acceptors (Lipinski definition) is 3. The van der Waals surface area contributed by atoms with E-state index in [1.54, 1.807) is 18.2 Å².